The number of nitro groups is 1. The molecule has 2 N–H and O–H groups in total. The number of carboxylic acids is 1. The average Bonchev–Trinajstić information content (AvgIpc) is 2.81. The second kappa shape index (κ2) is 5.97. The first-order valence-corrected chi connectivity index (χ1v) is 6.94. The van der Waals surface area contributed by atoms with Crippen molar-refractivity contribution < 1.29 is 14.8 Å². The van der Waals surface area contributed by atoms with E-state index in [4.69, 9.17) is 5.11 Å². The molecule has 0 radical (unpaired) electrons. The molecule has 9 heteroatoms. The van der Waals surface area contributed by atoms with Crippen LogP contribution in [-0.4, -0.2) is 21.0 Å². The van der Waals surface area contributed by atoms with Gasteiger partial charge in [0.15, 0.2) is 0 Å². The van der Waals surface area contributed by atoms with Gasteiger partial charge in [-0.25, -0.2) is 9.78 Å². The Bertz CT molecular complexity index is 673. The van der Waals surface area contributed by atoms with Gasteiger partial charge in [-0.3, -0.25) is 10.1 Å². The predicted molar refractivity (Wildman–Crippen MR) is 77.2 cm³/mol. The van der Waals surface area contributed by atoms with Crippen LogP contribution in [0.25, 0.3) is 0 Å². The van der Waals surface area contributed by atoms with E-state index in [-0.39, 0.29) is 17.1 Å². The highest BCUT2D eigenvalue weighted by molar-refractivity contribution is 9.11. The van der Waals surface area contributed by atoms with Gasteiger partial charge in [-0.2, -0.15) is 0 Å². The normalized spacial score (nSPS) is 10.2. The Hall–Kier alpha value is -2.00. The van der Waals surface area contributed by atoms with Gasteiger partial charge in [0, 0.05) is 17.1 Å². The number of halogens is 1. The monoisotopic (exact) mass is 357 g/mol. The van der Waals surface area contributed by atoms with Crippen LogP contribution >= 0.6 is 27.3 Å². The smallest absolute Gasteiger partial charge is 0.337 e. The minimum Gasteiger partial charge on any atom is -0.478 e. The van der Waals surface area contributed by atoms with E-state index in [1.165, 1.54) is 11.3 Å². The van der Waals surface area contributed by atoms with E-state index in [2.05, 4.69) is 26.2 Å². The number of aromatic carboxylic acids is 1. The molecule has 0 aliphatic rings. The third-order valence-electron chi connectivity index (χ3n) is 2.37. The van der Waals surface area contributed by atoms with Gasteiger partial charge in [-0.05, 0) is 28.1 Å². The maximum Gasteiger partial charge on any atom is 0.337 e. The number of pyridine rings is 1. The maximum atomic E-state index is 10.9. The van der Waals surface area contributed by atoms with E-state index < -0.39 is 10.9 Å². The Morgan fingerprint density at radius 1 is 1.55 bits per heavy atom. The van der Waals surface area contributed by atoms with Gasteiger partial charge in [0.05, 0.1) is 20.8 Å². The molecule has 0 aliphatic heterocycles. The van der Waals surface area contributed by atoms with Crippen LogP contribution < -0.4 is 5.32 Å². The lowest BCUT2D eigenvalue weighted by Gasteiger charge is -2.05. The Kier molecular flexibility index (Phi) is 4.30. The van der Waals surface area contributed by atoms with Crippen molar-refractivity contribution in [2.75, 3.05) is 5.32 Å². The van der Waals surface area contributed by atoms with Crippen molar-refractivity contribution >= 4 is 44.7 Å². The number of hydrogen-bond acceptors (Lipinski definition) is 6. The molecule has 0 aromatic carbocycles. The van der Waals surface area contributed by atoms with Crippen molar-refractivity contribution in [2.24, 2.45) is 0 Å². The van der Waals surface area contributed by atoms with Gasteiger partial charge in [0.2, 0.25) is 5.82 Å². The van der Waals surface area contributed by atoms with Crippen molar-refractivity contribution in [1.82, 2.24) is 4.98 Å². The number of rotatable bonds is 5. The predicted octanol–water partition coefficient (Wildman–Crippen LogP) is 3.12. The zero-order valence-electron chi connectivity index (χ0n) is 9.87. The third kappa shape index (κ3) is 3.31. The van der Waals surface area contributed by atoms with Crippen LogP contribution in [0.5, 0.6) is 0 Å². The Labute approximate surface area is 125 Å². The molecule has 0 spiro atoms. The summed E-state index contributed by atoms with van der Waals surface area (Å²) in [6.07, 6.45) is 1.09. The molecule has 2 rings (SSSR count). The number of anilines is 1. The number of nitrogens with zero attached hydrogens (tertiary/aromatic N) is 2. The standard InChI is InChI=1S/C11H8BrN3O4S/c12-9-2-1-7(20-9)5-14-10-8(15(18)19)3-6(4-13-10)11(16)17/h1-4H,5H2,(H,13,14)(H,16,17). The van der Waals surface area contributed by atoms with E-state index in [1.807, 2.05) is 12.1 Å². The highest BCUT2D eigenvalue weighted by Gasteiger charge is 2.18. The van der Waals surface area contributed by atoms with Crippen LogP contribution in [0, 0.1) is 10.1 Å². The largest absolute Gasteiger partial charge is 0.478 e. The van der Waals surface area contributed by atoms with Crippen LogP contribution in [-0.2, 0) is 6.54 Å². The first-order valence-electron chi connectivity index (χ1n) is 5.33. The Morgan fingerprint density at radius 3 is 2.85 bits per heavy atom. The quantitative estimate of drug-likeness (QED) is 0.628. The zero-order chi connectivity index (χ0) is 14.7. The van der Waals surface area contributed by atoms with Crippen LogP contribution in [0.3, 0.4) is 0 Å². The fourth-order valence-electron chi connectivity index (χ4n) is 1.46. The fourth-order valence-corrected chi connectivity index (χ4v) is 2.89. The number of thiophene rings is 1. The van der Waals surface area contributed by atoms with Crippen molar-refractivity contribution in [3.8, 4) is 0 Å². The van der Waals surface area contributed by atoms with E-state index in [1.54, 1.807) is 0 Å². The Balaban J connectivity index is 2.22. The van der Waals surface area contributed by atoms with Crippen LogP contribution in [0.15, 0.2) is 28.2 Å². The number of carbonyl (C=O) groups is 1. The SMILES string of the molecule is O=C(O)c1cnc(NCc2ccc(Br)s2)c([N+](=O)[O-])c1. The maximum absolute atomic E-state index is 10.9. The molecule has 0 atom stereocenters. The van der Waals surface area contributed by atoms with E-state index in [9.17, 15) is 14.9 Å². The highest BCUT2D eigenvalue weighted by atomic mass is 79.9. The van der Waals surface area contributed by atoms with Gasteiger partial charge in [0.1, 0.15) is 0 Å². The van der Waals surface area contributed by atoms with Gasteiger partial charge in [-0.15, -0.1) is 11.3 Å². The molecule has 0 bridgehead atoms. The van der Waals surface area contributed by atoms with Crippen molar-refractivity contribution in [1.29, 1.82) is 0 Å². The molecule has 0 saturated carbocycles. The van der Waals surface area contributed by atoms with Crippen LogP contribution in [0.1, 0.15) is 15.2 Å². The molecule has 2 aromatic heterocycles. The molecule has 20 heavy (non-hydrogen) atoms. The molecular formula is C11H8BrN3O4S. The summed E-state index contributed by atoms with van der Waals surface area (Å²) in [5.74, 6) is -1.21. The van der Waals surface area contributed by atoms with E-state index in [0.717, 1.165) is 20.9 Å². The lowest BCUT2D eigenvalue weighted by atomic mass is 10.2. The summed E-state index contributed by atoms with van der Waals surface area (Å²) in [6.45, 7) is 0.372. The van der Waals surface area contributed by atoms with Crippen molar-refractivity contribution in [2.45, 2.75) is 6.54 Å². The number of hydrogen-bond donors (Lipinski definition) is 2. The molecule has 0 saturated heterocycles. The van der Waals surface area contributed by atoms with Crippen LogP contribution in [0.4, 0.5) is 11.5 Å². The first-order chi connectivity index (χ1) is 9.47. The van der Waals surface area contributed by atoms with E-state index in [0.29, 0.717) is 6.54 Å². The number of carboxylic acid groups (broad SMARTS) is 1. The van der Waals surface area contributed by atoms with Crippen LogP contribution in [0.2, 0.25) is 0 Å². The van der Waals surface area contributed by atoms with Gasteiger partial charge in [0.25, 0.3) is 0 Å². The lowest BCUT2D eigenvalue weighted by molar-refractivity contribution is -0.384. The first kappa shape index (κ1) is 14.4. The molecule has 0 fully saturated rings. The molecule has 104 valence electrons. The number of nitrogens with one attached hydrogen (secondary N) is 1. The summed E-state index contributed by atoms with van der Waals surface area (Å²) in [4.78, 5) is 25.8. The summed E-state index contributed by atoms with van der Waals surface area (Å²) in [7, 11) is 0. The van der Waals surface area contributed by atoms with Crippen molar-refractivity contribution in [3.05, 3.63) is 48.7 Å². The summed E-state index contributed by atoms with van der Waals surface area (Å²) >= 11 is 4.81. The topological polar surface area (TPSA) is 105 Å². The summed E-state index contributed by atoms with van der Waals surface area (Å²) < 4.78 is 0.956. The summed E-state index contributed by atoms with van der Waals surface area (Å²) in [5, 5.41) is 22.6. The average molecular weight is 358 g/mol. The minimum atomic E-state index is -1.26. The Morgan fingerprint density at radius 2 is 2.30 bits per heavy atom. The minimum absolute atomic E-state index is 0.0459. The van der Waals surface area contributed by atoms with Gasteiger partial charge < -0.3 is 10.4 Å². The summed E-state index contributed by atoms with van der Waals surface area (Å²) in [6, 6.07) is 4.73. The highest BCUT2D eigenvalue weighted by Crippen LogP contribution is 2.26. The lowest BCUT2D eigenvalue weighted by Crippen LogP contribution is -2.06. The van der Waals surface area contributed by atoms with Gasteiger partial charge >= 0.3 is 11.7 Å². The molecule has 0 amide bonds. The molecule has 0 aliphatic carbocycles. The second-order valence-corrected chi connectivity index (χ2v) is 6.26. The van der Waals surface area contributed by atoms with E-state index >= 15 is 0 Å². The summed E-state index contributed by atoms with van der Waals surface area (Å²) in [5.41, 5.74) is -0.582. The second-order valence-electron chi connectivity index (χ2n) is 3.71. The van der Waals surface area contributed by atoms with Crippen molar-refractivity contribution in [3.63, 3.8) is 0 Å². The number of aromatic nitrogens is 1. The molecule has 0 unspecified atom stereocenters. The third-order valence-corrected chi connectivity index (χ3v) is 3.99. The zero-order valence-corrected chi connectivity index (χ0v) is 12.3. The molecular weight excluding hydrogens is 350 g/mol. The molecule has 7 nitrogen and oxygen atoms in total. The molecule has 2 heterocycles. The van der Waals surface area contributed by atoms with Gasteiger partial charge in [-0.1, -0.05) is 0 Å². The fraction of sp³-hybridized carbons (Fsp3) is 0.0909. The molecule has 2 aromatic rings.